The molecule has 3 heteroatoms. The van der Waals surface area contributed by atoms with Gasteiger partial charge in [-0.2, -0.15) is 0 Å². The highest BCUT2D eigenvalue weighted by Gasteiger charge is 2.31. The molecule has 0 aromatic heterocycles. The second kappa shape index (κ2) is 4.23. The van der Waals surface area contributed by atoms with Crippen LogP contribution in [0, 0.1) is 0 Å². The zero-order chi connectivity index (χ0) is 8.27. The first kappa shape index (κ1) is 9.23. The number of nitrogens with zero attached hydrogens (tertiary/aromatic N) is 2. The largest absolute Gasteiger partial charge is 0.305 e. The predicted molar refractivity (Wildman–Crippen MR) is 52.0 cm³/mol. The molecule has 0 bridgehead atoms. The van der Waals surface area contributed by atoms with E-state index in [4.69, 9.17) is 0 Å². The van der Waals surface area contributed by atoms with Crippen LogP contribution in [0.25, 0.3) is 0 Å². The molecule has 1 heterocycles. The molecule has 1 aliphatic rings. The summed E-state index contributed by atoms with van der Waals surface area (Å²) < 4.78 is 5.27. The molecule has 0 N–H and O–H groups in total. The third-order valence-electron chi connectivity index (χ3n) is 2.39. The Kier molecular flexibility index (Phi) is 3.55. The molecule has 1 saturated heterocycles. The Bertz CT molecular complexity index is 117. The summed E-state index contributed by atoms with van der Waals surface area (Å²) >= 11 is 0. The summed E-state index contributed by atoms with van der Waals surface area (Å²) in [6.45, 7) is 5.88. The monoisotopic (exact) mass is 172 g/mol. The minimum Gasteiger partial charge on any atom is -0.305 e. The lowest BCUT2D eigenvalue weighted by atomic mass is 10.2. The standard InChI is InChI=1S/C8H20N2Si/c1-4-6-8-9(3)11-10(8)7-5-2/h8H,4-7,11H2,1-3H3. The van der Waals surface area contributed by atoms with E-state index >= 15 is 0 Å². The van der Waals surface area contributed by atoms with Gasteiger partial charge in [0.2, 0.25) is 0 Å². The lowest BCUT2D eigenvalue weighted by Crippen LogP contribution is -2.64. The van der Waals surface area contributed by atoms with Crippen LogP contribution in [0.2, 0.25) is 0 Å². The first-order chi connectivity index (χ1) is 5.29. The van der Waals surface area contributed by atoms with Crippen molar-refractivity contribution in [3.63, 3.8) is 0 Å². The third-order valence-corrected chi connectivity index (χ3v) is 4.36. The average Bonchev–Trinajstić information content (AvgIpc) is 2.00. The quantitative estimate of drug-likeness (QED) is 0.578. The maximum atomic E-state index is 2.70. The van der Waals surface area contributed by atoms with E-state index in [1.807, 2.05) is 0 Å². The van der Waals surface area contributed by atoms with E-state index in [1.54, 1.807) is 0 Å². The highest BCUT2D eigenvalue weighted by atomic mass is 28.2. The molecule has 2 nitrogen and oxygen atoms in total. The molecule has 0 aromatic carbocycles. The van der Waals surface area contributed by atoms with Crippen LogP contribution in [0.3, 0.4) is 0 Å². The van der Waals surface area contributed by atoms with Crippen LogP contribution in [-0.4, -0.2) is 38.7 Å². The van der Waals surface area contributed by atoms with Gasteiger partial charge in [0, 0.05) is 0 Å². The third kappa shape index (κ3) is 2.04. The Labute approximate surface area is 72.5 Å². The zero-order valence-corrected chi connectivity index (χ0v) is 9.42. The number of rotatable bonds is 4. The second-order valence-corrected chi connectivity index (χ2v) is 5.57. The van der Waals surface area contributed by atoms with Crippen LogP contribution in [0.4, 0.5) is 0 Å². The van der Waals surface area contributed by atoms with E-state index in [9.17, 15) is 0 Å². The van der Waals surface area contributed by atoms with Gasteiger partial charge in [0.1, 0.15) is 0 Å². The fourth-order valence-electron chi connectivity index (χ4n) is 1.83. The van der Waals surface area contributed by atoms with Crippen LogP contribution in [-0.2, 0) is 0 Å². The van der Waals surface area contributed by atoms with Crippen LogP contribution in [0.1, 0.15) is 33.1 Å². The van der Waals surface area contributed by atoms with Crippen LogP contribution in [0.5, 0.6) is 0 Å². The van der Waals surface area contributed by atoms with Gasteiger partial charge in [-0.25, -0.2) is 0 Å². The van der Waals surface area contributed by atoms with Crippen LogP contribution in [0.15, 0.2) is 0 Å². The molecule has 1 atom stereocenters. The molecule has 1 unspecified atom stereocenters. The molecule has 0 aromatic rings. The van der Waals surface area contributed by atoms with Gasteiger partial charge in [0.15, 0.2) is 9.84 Å². The summed E-state index contributed by atoms with van der Waals surface area (Å²) in [6, 6.07) is 0. The lowest BCUT2D eigenvalue weighted by Gasteiger charge is -2.49. The molecule has 0 radical (unpaired) electrons. The second-order valence-electron chi connectivity index (χ2n) is 3.48. The summed E-state index contributed by atoms with van der Waals surface area (Å²) in [5, 5.41) is 0. The van der Waals surface area contributed by atoms with E-state index in [-0.39, 0.29) is 9.84 Å². The Morgan fingerprint density at radius 3 is 2.45 bits per heavy atom. The molecule has 0 spiro atoms. The molecule has 66 valence electrons. The summed E-state index contributed by atoms with van der Waals surface area (Å²) in [5.74, 6) is 0. The van der Waals surface area contributed by atoms with Gasteiger partial charge in [-0.3, -0.25) is 0 Å². The van der Waals surface area contributed by atoms with Crippen molar-refractivity contribution >= 4 is 9.84 Å². The summed E-state index contributed by atoms with van der Waals surface area (Å²) in [6.07, 6.45) is 4.82. The fraction of sp³-hybridized carbons (Fsp3) is 1.00. The fourth-order valence-corrected chi connectivity index (χ4v) is 3.80. The van der Waals surface area contributed by atoms with E-state index in [1.165, 1.54) is 25.8 Å². The molecule has 0 saturated carbocycles. The van der Waals surface area contributed by atoms with E-state index < -0.39 is 0 Å². The topological polar surface area (TPSA) is 6.48 Å². The smallest absolute Gasteiger partial charge is 0.175 e. The SMILES string of the molecule is CCCC1N(C)[SiH2]N1CCC. The van der Waals surface area contributed by atoms with E-state index in [0.717, 1.165) is 6.17 Å². The van der Waals surface area contributed by atoms with Crippen molar-refractivity contribution in [2.75, 3.05) is 13.6 Å². The minimum atomic E-state index is 0.0312. The van der Waals surface area contributed by atoms with Crippen molar-refractivity contribution in [3.05, 3.63) is 0 Å². The van der Waals surface area contributed by atoms with Crippen molar-refractivity contribution in [3.8, 4) is 0 Å². The number of hydrogen-bond donors (Lipinski definition) is 0. The van der Waals surface area contributed by atoms with Gasteiger partial charge in [0.25, 0.3) is 0 Å². The van der Waals surface area contributed by atoms with Gasteiger partial charge < -0.3 is 9.13 Å². The maximum absolute atomic E-state index is 2.70. The molecule has 11 heavy (non-hydrogen) atoms. The van der Waals surface area contributed by atoms with Crippen molar-refractivity contribution in [2.45, 2.75) is 39.3 Å². The molecule has 1 fully saturated rings. The average molecular weight is 172 g/mol. The Morgan fingerprint density at radius 2 is 2.00 bits per heavy atom. The Balaban J connectivity index is 2.23. The molecule has 1 aliphatic heterocycles. The van der Waals surface area contributed by atoms with Crippen molar-refractivity contribution < 1.29 is 0 Å². The highest BCUT2D eigenvalue weighted by molar-refractivity contribution is 6.31. The summed E-state index contributed by atoms with van der Waals surface area (Å²) in [4.78, 5) is 0. The molecule has 1 rings (SSSR count). The van der Waals surface area contributed by atoms with Gasteiger partial charge in [-0.05, 0) is 26.4 Å². The predicted octanol–water partition coefficient (Wildman–Crippen LogP) is 0.769. The Hall–Kier alpha value is 0.137. The maximum Gasteiger partial charge on any atom is 0.175 e. The summed E-state index contributed by atoms with van der Waals surface area (Å²) in [5.41, 5.74) is 0. The molecule has 0 aliphatic carbocycles. The van der Waals surface area contributed by atoms with Gasteiger partial charge >= 0.3 is 0 Å². The summed E-state index contributed by atoms with van der Waals surface area (Å²) in [7, 11) is 2.31. The van der Waals surface area contributed by atoms with Crippen molar-refractivity contribution in [1.82, 2.24) is 9.13 Å². The van der Waals surface area contributed by atoms with Gasteiger partial charge in [-0.1, -0.05) is 20.3 Å². The van der Waals surface area contributed by atoms with E-state index in [2.05, 4.69) is 30.0 Å². The molecule has 0 amide bonds. The first-order valence-corrected chi connectivity index (χ1v) is 6.00. The Morgan fingerprint density at radius 1 is 1.27 bits per heavy atom. The van der Waals surface area contributed by atoms with Gasteiger partial charge in [0.05, 0.1) is 6.17 Å². The first-order valence-electron chi connectivity index (χ1n) is 4.73. The van der Waals surface area contributed by atoms with Crippen LogP contribution >= 0.6 is 0 Å². The van der Waals surface area contributed by atoms with Gasteiger partial charge in [-0.15, -0.1) is 0 Å². The minimum absolute atomic E-state index is 0.0312. The number of hydrogen-bond acceptors (Lipinski definition) is 2. The van der Waals surface area contributed by atoms with Crippen molar-refractivity contribution in [2.24, 2.45) is 0 Å². The zero-order valence-electron chi connectivity index (χ0n) is 8.01. The lowest BCUT2D eigenvalue weighted by molar-refractivity contribution is 0.108. The highest BCUT2D eigenvalue weighted by Crippen LogP contribution is 2.18. The van der Waals surface area contributed by atoms with E-state index in [0.29, 0.717) is 0 Å². The van der Waals surface area contributed by atoms with Crippen LogP contribution < -0.4 is 0 Å². The molecular formula is C8H20N2Si. The van der Waals surface area contributed by atoms with Crippen molar-refractivity contribution in [1.29, 1.82) is 0 Å². The normalized spacial score (nSPS) is 29.2. The molecular weight excluding hydrogens is 152 g/mol.